The number of hydrogen-bond donors (Lipinski definition) is 1. The molecule has 1 N–H and O–H groups in total. The molecule has 0 atom stereocenters. The standard InChI is InChI=1S/C20H19ClN4O2S2/c21-15-3-1-2-4-16(15)22-18(26)11-24-6-8-25(9-7-24)20(27)17-13-29-19(23-17)14-5-10-28-12-14/h1-5,10,12-13H,6-9,11H2,(H,22,26). The van der Waals surface area contributed by atoms with Crippen LogP contribution in [0, 0.1) is 0 Å². The number of aromatic nitrogens is 1. The van der Waals surface area contributed by atoms with E-state index in [-0.39, 0.29) is 18.4 Å². The Morgan fingerprint density at radius 3 is 2.62 bits per heavy atom. The first-order chi connectivity index (χ1) is 14.1. The summed E-state index contributed by atoms with van der Waals surface area (Å²) in [5.74, 6) is -0.166. The molecule has 0 spiro atoms. The molecule has 1 aromatic carbocycles. The molecule has 3 heterocycles. The number of amides is 2. The number of carbonyl (C=O) groups excluding carboxylic acids is 2. The molecule has 0 bridgehead atoms. The van der Waals surface area contributed by atoms with Gasteiger partial charge in [0.05, 0.1) is 17.3 Å². The van der Waals surface area contributed by atoms with Crippen LogP contribution in [-0.4, -0.2) is 59.3 Å². The van der Waals surface area contributed by atoms with E-state index in [1.807, 2.05) is 39.2 Å². The van der Waals surface area contributed by atoms with E-state index >= 15 is 0 Å². The van der Waals surface area contributed by atoms with Crippen LogP contribution in [0.3, 0.4) is 0 Å². The molecule has 0 unspecified atom stereocenters. The van der Waals surface area contributed by atoms with Gasteiger partial charge in [-0.2, -0.15) is 11.3 Å². The molecule has 1 aliphatic rings. The molecule has 1 fully saturated rings. The molecule has 29 heavy (non-hydrogen) atoms. The van der Waals surface area contributed by atoms with Gasteiger partial charge in [0.15, 0.2) is 0 Å². The lowest BCUT2D eigenvalue weighted by Gasteiger charge is -2.34. The molecule has 1 aliphatic heterocycles. The number of carbonyl (C=O) groups is 2. The van der Waals surface area contributed by atoms with Gasteiger partial charge in [0, 0.05) is 42.5 Å². The number of piperazine rings is 1. The third-order valence-electron chi connectivity index (χ3n) is 4.67. The Morgan fingerprint density at radius 2 is 1.90 bits per heavy atom. The lowest BCUT2D eigenvalue weighted by atomic mass is 10.2. The molecular formula is C20H19ClN4O2S2. The summed E-state index contributed by atoms with van der Waals surface area (Å²) in [5.41, 5.74) is 2.15. The van der Waals surface area contributed by atoms with Gasteiger partial charge in [-0.05, 0) is 23.6 Å². The average Bonchev–Trinajstić information content (AvgIpc) is 3.41. The van der Waals surface area contributed by atoms with Crippen LogP contribution in [0.1, 0.15) is 10.5 Å². The summed E-state index contributed by atoms with van der Waals surface area (Å²) in [6.07, 6.45) is 0. The van der Waals surface area contributed by atoms with Crippen LogP contribution in [0.5, 0.6) is 0 Å². The fourth-order valence-electron chi connectivity index (χ4n) is 3.12. The Kier molecular flexibility index (Phi) is 6.25. The maximum atomic E-state index is 12.8. The van der Waals surface area contributed by atoms with Crippen LogP contribution in [0.15, 0.2) is 46.5 Å². The lowest BCUT2D eigenvalue weighted by Crippen LogP contribution is -2.50. The monoisotopic (exact) mass is 446 g/mol. The van der Waals surface area contributed by atoms with E-state index < -0.39 is 0 Å². The van der Waals surface area contributed by atoms with Crippen molar-refractivity contribution in [2.45, 2.75) is 0 Å². The van der Waals surface area contributed by atoms with Gasteiger partial charge in [0.25, 0.3) is 5.91 Å². The number of anilines is 1. The molecule has 150 valence electrons. The highest BCUT2D eigenvalue weighted by atomic mass is 35.5. The zero-order valence-electron chi connectivity index (χ0n) is 15.5. The molecule has 0 aliphatic carbocycles. The van der Waals surface area contributed by atoms with Crippen molar-refractivity contribution in [3.05, 3.63) is 57.2 Å². The van der Waals surface area contributed by atoms with Crippen molar-refractivity contribution >= 4 is 51.8 Å². The second-order valence-corrected chi connectivity index (χ2v) is 8.69. The fraction of sp³-hybridized carbons (Fsp3) is 0.250. The molecule has 2 aromatic heterocycles. The Morgan fingerprint density at radius 1 is 1.10 bits per heavy atom. The highest BCUT2D eigenvalue weighted by Crippen LogP contribution is 2.26. The minimum Gasteiger partial charge on any atom is -0.335 e. The Labute approximate surface area is 181 Å². The number of para-hydroxylation sites is 1. The molecule has 6 nitrogen and oxygen atoms in total. The fourth-order valence-corrected chi connectivity index (χ4v) is 4.81. The Bertz CT molecular complexity index is 998. The van der Waals surface area contributed by atoms with Gasteiger partial charge in [0.1, 0.15) is 10.7 Å². The van der Waals surface area contributed by atoms with Crippen molar-refractivity contribution in [1.29, 1.82) is 0 Å². The number of benzene rings is 1. The van der Waals surface area contributed by atoms with Crippen LogP contribution in [0.25, 0.3) is 10.6 Å². The van der Waals surface area contributed by atoms with E-state index in [9.17, 15) is 9.59 Å². The molecular weight excluding hydrogens is 428 g/mol. The van der Waals surface area contributed by atoms with Gasteiger partial charge in [-0.15, -0.1) is 11.3 Å². The van der Waals surface area contributed by atoms with Crippen LogP contribution in [0.4, 0.5) is 5.69 Å². The first-order valence-electron chi connectivity index (χ1n) is 9.14. The number of thiophene rings is 1. The highest BCUT2D eigenvalue weighted by Gasteiger charge is 2.25. The SMILES string of the molecule is O=C(CN1CCN(C(=O)c2csc(-c3ccsc3)n2)CC1)Nc1ccccc1Cl. The Balaban J connectivity index is 1.28. The summed E-state index contributed by atoms with van der Waals surface area (Å²) in [7, 11) is 0. The molecule has 0 radical (unpaired) electrons. The maximum Gasteiger partial charge on any atom is 0.273 e. The summed E-state index contributed by atoms with van der Waals surface area (Å²) < 4.78 is 0. The van der Waals surface area contributed by atoms with E-state index in [4.69, 9.17) is 11.6 Å². The first kappa shape index (κ1) is 20.0. The van der Waals surface area contributed by atoms with Gasteiger partial charge < -0.3 is 10.2 Å². The van der Waals surface area contributed by atoms with Gasteiger partial charge in [-0.25, -0.2) is 4.98 Å². The predicted molar refractivity (Wildman–Crippen MR) is 118 cm³/mol. The summed E-state index contributed by atoms with van der Waals surface area (Å²) in [4.78, 5) is 33.4. The van der Waals surface area contributed by atoms with Gasteiger partial charge in [0.2, 0.25) is 5.91 Å². The number of halogens is 1. The van der Waals surface area contributed by atoms with Crippen molar-refractivity contribution in [1.82, 2.24) is 14.8 Å². The number of rotatable bonds is 5. The normalized spacial score (nSPS) is 14.7. The number of hydrogen-bond acceptors (Lipinski definition) is 6. The average molecular weight is 447 g/mol. The highest BCUT2D eigenvalue weighted by molar-refractivity contribution is 7.14. The lowest BCUT2D eigenvalue weighted by molar-refractivity contribution is -0.117. The van der Waals surface area contributed by atoms with Crippen molar-refractivity contribution in [2.75, 3.05) is 38.0 Å². The molecule has 0 saturated carbocycles. The summed E-state index contributed by atoms with van der Waals surface area (Å²) in [6.45, 7) is 2.70. The summed E-state index contributed by atoms with van der Waals surface area (Å²) in [5, 5.41) is 10.1. The van der Waals surface area contributed by atoms with Crippen LogP contribution >= 0.6 is 34.3 Å². The predicted octanol–water partition coefficient (Wildman–Crippen LogP) is 3.92. The van der Waals surface area contributed by atoms with Crippen molar-refractivity contribution in [3.8, 4) is 10.6 Å². The van der Waals surface area contributed by atoms with E-state index in [0.29, 0.717) is 42.6 Å². The second kappa shape index (κ2) is 9.04. The van der Waals surface area contributed by atoms with Crippen LogP contribution in [0.2, 0.25) is 5.02 Å². The van der Waals surface area contributed by atoms with E-state index in [0.717, 1.165) is 10.6 Å². The third kappa shape index (κ3) is 4.84. The molecule has 9 heteroatoms. The van der Waals surface area contributed by atoms with Crippen molar-refractivity contribution < 1.29 is 9.59 Å². The zero-order valence-corrected chi connectivity index (χ0v) is 17.9. The first-order valence-corrected chi connectivity index (χ1v) is 11.3. The van der Waals surface area contributed by atoms with Gasteiger partial charge in [-0.1, -0.05) is 23.7 Å². The number of thiazole rings is 1. The minimum absolute atomic E-state index is 0.0529. The quantitative estimate of drug-likeness (QED) is 0.645. The van der Waals surface area contributed by atoms with Gasteiger partial charge >= 0.3 is 0 Å². The molecule has 2 amide bonds. The molecule has 3 aromatic rings. The second-order valence-electron chi connectivity index (χ2n) is 6.65. The minimum atomic E-state index is -0.113. The third-order valence-corrected chi connectivity index (χ3v) is 6.57. The van der Waals surface area contributed by atoms with Crippen molar-refractivity contribution in [3.63, 3.8) is 0 Å². The topological polar surface area (TPSA) is 65.5 Å². The summed E-state index contributed by atoms with van der Waals surface area (Å²) >= 11 is 9.18. The number of nitrogens with zero attached hydrogens (tertiary/aromatic N) is 3. The maximum absolute atomic E-state index is 12.8. The zero-order chi connectivity index (χ0) is 20.2. The largest absolute Gasteiger partial charge is 0.335 e. The summed E-state index contributed by atoms with van der Waals surface area (Å²) in [6, 6.07) is 9.16. The van der Waals surface area contributed by atoms with E-state index in [2.05, 4.69) is 10.3 Å². The van der Waals surface area contributed by atoms with Crippen molar-refractivity contribution in [2.24, 2.45) is 0 Å². The van der Waals surface area contributed by atoms with E-state index in [1.165, 1.54) is 11.3 Å². The molecule has 4 rings (SSSR count). The van der Waals surface area contributed by atoms with Crippen LogP contribution < -0.4 is 5.32 Å². The van der Waals surface area contributed by atoms with Crippen LogP contribution in [-0.2, 0) is 4.79 Å². The molecule has 1 saturated heterocycles. The van der Waals surface area contributed by atoms with E-state index in [1.54, 1.807) is 28.4 Å². The Hall–Kier alpha value is -2.26. The van der Waals surface area contributed by atoms with Gasteiger partial charge in [-0.3, -0.25) is 14.5 Å². The number of nitrogens with one attached hydrogen (secondary N) is 1. The smallest absolute Gasteiger partial charge is 0.273 e.